The molecule has 8 heteroatoms. The highest BCUT2D eigenvalue weighted by molar-refractivity contribution is 6.34. The van der Waals surface area contributed by atoms with Crippen molar-refractivity contribution in [3.8, 4) is 22.6 Å². The van der Waals surface area contributed by atoms with Crippen molar-refractivity contribution in [2.75, 3.05) is 44.3 Å². The van der Waals surface area contributed by atoms with Gasteiger partial charge in [0.15, 0.2) is 0 Å². The SMILES string of the molecule is Clc1cc2[nH]c(-c3ccc(N4CCC(N5CCOCC5)CC4)nc3)nc2cc1-c1ccccn1. The Balaban J connectivity index is 1.17. The molecular formula is C26H27ClN6O. The Bertz CT molecular complexity index is 1260. The predicted molar refractivity (Wildman–Crippen MR) is 135 cm³/mol. The van der Waals surface area contributed by atoms with Gasteiger partial charge in [-0.1, -0.05) is 17.7 Å². The maximum Gasteiger partial charge on any atom is 0.140 e. The van der Waals surface area contributed by atoms with Crippen molar-refractivity contribution in [3.05, 3.63) is 59.9 Å². The van der Waals surface area contributed by atoms with Crippen LogP contribution in [0.1, 0.15) is 12.8 Å². The van der Waals surface area contributed by atoms with E-state index in [4.69, 9.17) is 26.3 Å². The number of piperidine rings is 1. The molecule has 174 valence electrons. The van der Waals surface area contributed by atoms with Crippen LogP contribution >= 0.6 is 11.6 Å². The van der Waals surface area contributed by atoms with Crippen LogP contribution in [0.2, 0.25) is 5.02 Å². The van der Waals surface area contributed by atoms with Crippen molar-refractivity contribution in [2.24, 2.45) is 0 Å². The summed E-state index contributed by atoms with van der Waals surface area (Å²) in [5.41, 5.74) is 4.42. The number of nitrogens with one attached hydrogen (secondary N) is 1. The minimum atomic E-state index is 0.648. The third-order valence-electron chi connectivity index (χ3n) is 6.88. The molecule has 0 aliphatic carbocycles. The van der Waals surface area contributed by atoms with Crippen LogP contribution in [-0.4, -0.2) is 70.3 Å². The van der Waals surface area contributed by atoms with Crippen molar-refractivity contribution in [1.29, 1.82) is 0 Å². The number of ether oxygens (including phenoxy) is 1. The monoisotopic (exact) mass is 474 g/mol. The molecule has 0 radical (unpaired) electrons. The van der Waals surface area contributed by atoms with Gasteiger partial charge in [-0.05, 0) is 49.2 Å². The van der Waals surface area contributed by atoms with E-state index >= 15 is 0 Å². The molecule has 2 saturated heterocycles. The summed E-state index contributed by atoms with van der Waals surface area (Å²) in [5, 5.41) is 0.648. The van der Waals surface area contributed by atoms with E-state index in [9.17, 15) is 0 Å². The second-order valence-corrected chi connectivity index (χ2v) is 9.33. The van der Waals surface area contributed by atoms with E-state index in [-0.39, 0.29) is 0 Å². The minimum absolute atomic E-state index is 0.648. The molecule has 2 aliphatic heterocycles. The van der Waals surface area contributed by atoms with E-state index in [2.05, 4.69) is 31.9 Å². The lowest BCUT2D eigenvalue weighted by atomic mass is 10.0. The number of aromatic amines is 1. The number of H-pyrrole nitrogens is 1. The number of nitrogens with zero attached hydrogens (tertiary/aromatic N) is 5. The van der Waals surface area contributed by atoms with Crippen LogP contribution in [0.15, 0.2) is 54.9 Å². The summed E-state index contributed by atoms with van der Waals surface area (Å²) in [6, 6.07) is 14.6. The van der Waals surface area contributed by atoms with Crippen molar-refractivity contribution >= 4 is 28.5 Å². The zero-order chi connectivity index (χ0) is 22.9. The molecule has 3 aromatic heterocycles. The summed E-state index contributed by atoms with van der Waals surface area (Å²) in [6.45, 7) is 5.92. The van der Waals surface area contributed by atoms with Crippen molar-refractivity contribution < 1.29 is 4.74 Å². The average molecular weight is 475 g/mol. The molecule has 1 aromatic carbocycles. The molecule has 7 nitrogen and oxygen atoms in total. The lowest BCUT2D eigenvalue weighted by Gasteiger charge is -2.40. The van der Waals surface area contributed by atoms with Crippen LogP contribution in [0.3, 0.4) is 0 Å². The Hall–Kier alpha value is -3.00. The fraction of sp³-hybridized carbons (Fsp3) is 0.346. The first-order chi connectivity index (χ1) is 16.7. The van der Waals surface area contributed by atoms with Crippen molar-refractivity contribution in [1.82, 2.24) is 24.8 Å². The topological polar surface area (TPSA) is 70.2 Å². The van der Waals surface area contributed by atoms with E-state index in [1.165, 1.54) is 12.8 Å². The molecule has 4 aromatic rings. The van der Waals surface area contributed by atoms with Gasteiger partial charge < -0.3 is 14.6 Å². The van der Waals surface area contributed by atoms with Gasteiger partial charge in [-0.25, -0.2) is 9.97 Å². The molecule has 0 bridgehead atoms. The van der Waals surface area contributed by atoms with E-state index < -0.39 is 0 Å². The lowest BCUT2D eigenvalue weighted by Crippen LogP contribution is -2.49. The van der Waals surface area contributed by atoms with Crippen LogP contribution in [0, 0.1) is 0 Å². The van der Waals surface area contributed by atoms with E-state index in [0.717, 1.165) is 78.9 Å². The number of halogens is 1. The molecule has 34 heavy (non-hydrogen) atoms. The van der Waals surface area contributed by atoms with Crippen LogP contribution in [0.4, 0.5) is 5.82 Å². The predicted octanol–water partition coefficient (Wildman–Crippen LogP) is 4.64. The van der Waals surface area contributed by atoms with Crippen LogP contribution in [0.5, 0.6) is 0 Å². The smallest absolute Gasteiger partial charge is 0.140 e. The minimum Gasteiger partial charge on any atom is -0.379 e. The van der Waals surface area contributed by atoms with E-state index in [1.54, 1.807) is 6.20 Å². The van der Waals surface area contributed by atoms with Gasteiger partial charge in [0.05, 0.1) is 35.0 Å². The van der Waals surface area contributed by atoms with Crippen molar-refractivity contribution in [2.45, 2.75) is 18.9 Å². The zero-order valence-corrected chi connectivity index (χ0v) is 19.7. The van der Waals surface area contributed by atoms with E-state index in [0.29, 0.717) is 11.1 Å². The highest BCUT2D eigenvalue weighted by Gasteiger charge is 2.26. The number of imidazole rings is 1. The second kappa shape index (κ2) is 9.33. The standard InChI is InChI=1S/C26H27ClN6O/c27-21-16-24-23(15-20(21)22-3-1-2-8-28-22)30-26(31-24)18-4-5-25(29-17-18)33-9-6-19(7-10-33)32-11-13-34-14-12-32/h1-5,8,15-17,19H,6-7,9-14H2,(H,30,31). The number of morpholine rings is 1. The Morgan fingerprint density at radius 2 is 1.82 bits per heavy atom. The van der Waals surface area contributed by atoms with Crippen molar-refractivity contribution in [3.63, 3.8) is 0 Å². The number of hydrogen-bond donors (Lipinski definition) is 1. The molecule has 0 saturated carbocycles. The number of benzene rings is 1. The molecule has 1 N–H and O–H groups in total. The third kappa shape index (κ3) is 4.27. The molecule has 0 unspecified atom stereocenters. The molecule has 2 fully saturated rings. The molecule has 2 aliphatic rings. The average Bonchev–Trinajstić information content (AvgIpc) is 3.32. The number of aromatic nitrogens is 4. The van der Waals surface area contributed by atoms with Gasteiger partial charge in [0.25, 0.3) is 0 Å². The zero-order valence-electron chi connectivity index (χ0n) is 19.0. The summed E-state index contributed by atoms with van der Waals surface area (Å²) in [5.74, 6) is 1.81. The number of anilines is 1. The highest BCUT2D eigenvalue weighted by Crippen LogP contribution is 2.32. The Morgan fingerprint density at radius 1 is 0.971 bits per heavy atom. The lowest BCUT2D eigenvalue weighted by molar-refractivity contribution is 0.0115. The van der Waals surface area contributed by atoms with Gasteiger partial charge in [0.2, 0.25) is 0 Å². The summed E-state index contributed by atoms with van der Waals surface area (Å²) in [4.78, 5) is 22.4. The Kier molecular flexibility index (Phi) is 5.91. The highest BCUT2D eigenvalue weighted by atomic mass is 35.5. The fourth-order valence-electron chi connectivity index (χ4n) is 5.00. The van der Waals surface area contributed by atoms with Crippen LogP contribution in [0.25, 0.3) is 33.7 Å². The van der Waals surface area contributed by atoms with Gasteiger partial charge in [0.1, 0.15) is 11.6 Å². The van der Waals surface area contributed by atoms with Gasteiger partial charge in [-0.15, -0.1) is 0 Å². The normalized spacial score (nSPS) is 18.0. The molecule has 6 rings (SSSR count). The van der Waals surface area contributed by atoms with Gasteiger partial charge >= 0.3 is 0 Å². The largest absolute Gasteiger partial charge is 0.379 e. The summed E-state index contributed by atoms with van der Waals surface area (Å²) in [6.07, 6.45) is 6.02. The Morgan fingerprint density at radius 3 is 2.56 bits per heavy atom. The molecule has 5 heterocycles. The molecule has 0 atom stereocenters. The maximum absolute atomic E-state index is 6.54. The first kappa shape index (κ1) is 21.5. The van der Waals surface area contributed by atoms with E-state index in [1.807, 2.05) is 36.5 Å². The fourth-order valence-corrected chi connectivity index (χ4v) is 5.26. The molecule has 0 spiro atoms. The number of hydrogen-bond acceptors (Lipinski definition) is 6. The van der Waals surface area contributed by atoms with Crippen LogP contribution in [-0.2, 0) is 4.74 Å². The number of fused-ring (bicyclic) bond motifs is 1. The maximum atomic E-state index is 6.54. The summed E-state index contributed by atoms with van der Waals surface area (Å²) in [7, 11) is 0. The number of rotatable bonds is 4. The van der Waals surface area contributed by atoms with Gasteiger partial charge in [-0.2, -0.15) is 0 Å². The summed E-state index contributed by atoms with van der Waals surface area (Å²) >= 11 is 6.54. The summed E-state index contributed by atoms with van der Waals surface area (Å²) < 4.78 is 5.50. The van der Waals surface area contributed by atoms with Gasteiger partial charge in [0, 0.05) is 55.7 Å². The van der Waals surface area contributed by atoms with Gasteiger partial charge in [-0.3, -0.25) is 9.88 Å². The first-order valence-electron chi connectivity index (χ1n) is 11.9. The molecule has 0 amide bonds. The number of pyridine rings is 2. The second-order valence-electron chi connectivity index (χ2n) is 8.92. The van der Waals surface area contributed by atoms with Crippen LogP contribution < -0.4 is 4.90 Å². The third-order valence-corrected chi connectivity index (χ3v) is 7.20. The first-order valence-corrected chi connectivity index (χ1v) is 12.3. The quantitative estimate of drug-likeness (QED) is 0.464. The molecular weight excluding hydrogens is 448 g/mol. The Labute approximate surface area is 203 Å².